The van der Waals surface area contributed by atoms with E-state index in [1.807, 2.05) is 31.2 Å². The summed E-state index contributed by atoms with van der Waals surface area (Å²) in [6, 6.07) is 7.77. The number of carbonyl (C=O) groups is 1. The summed E-state index contributed by atoms with van der Waals surface area (Å²) >= 11 is 0. The number of ether oxygens (including phenoxy) is 1. The number of nitrogens with zero attached hydrogens (tertiary/aromatic N) is 2. The van der Waals surface area contributed by atoms with Gasteiger partial charge < -0.3 is 20.3 Å². The van der Waals surface area contributed by atoms with E-state index in [-0.39, 0.29) is 29.9 Å². The Balaban J connectivity index is 0.00000625. The molecule has 0 radical (unpaired) electrons. The summed E-state index contributed by atoms with van der Waals surface area (Å²) in [5.74, 6) is 0.830. The molecule has 0 aliphatic rings. The average Bonchev–Trinajstić information content (AvgIpc) is 2.62. The smallest absolute Gasteiger partial charge is 0.253 e. The van der Waals surface area contributed by atoms with E-state index in [2.05, 4.69) is 15.6 Å². The first kappa shape index (κ1) is 24.7. The van der Waals surface area contributed by atoms with E-state index < -0.39 is 0 Å². The van der Waals surface area contributed by atoms with E-state index in [0.717, 1.165) is 62.7 Å². The Morgan fingerprint density at radius 1 is 1.19 bits per heavy atom. The van der Waals surface area contributed by atoms with Crippen molar-refractivity contribution in [2.45, 2.75) is 26.2 Å². The second kappa shape index (κ2) is 14.8. The number of nitrogens with one attached hydrogen (secondary N) is 2. The van der Waals surface area contributed by atoms with Gasteiger partial charge in [-0.05, 0) is 43.9 Å². The fourth-order valence-corrected chi connectivity index (χ4v) is 2.34. The van der Waals surface area contributed by atoms with Gasteiger partial charge in [0, 0.05) is 53.0 Å². The third-order valence-corrected chi connectivity index (χ3v) is 3.72. The van der Waals surface area contributed by atoms with Crippen LogP contribution in [-0.4, -0.2) is 64.2 Å². The molecule has 1 amide bonds. The summed E-state index contributed by atoms with van der Waals surface area (Å²) in [5.41, 5.74) is 1.85. The zero-order valence-electron chi connectivity index (χ0n) is 16.4. The standard InChI is InChI=1S/C19H32N4O2.HI/c1-5-25-14-7-6-12-21-19(20-2)22-13-11-16-9-8-10-17(15-16)18(24)23(3)4;/h8-10,15H,5-7,11-14H2,1-4H3,(H2,20,21,22);1H. The molecule has 0 atom stereocenters. The third-order valence-electron chi connectivity index (χ3n) is 3.72. The zero-order valence-corrected chi connectivity index (χ0v) is 18.7. The lowest BCUT2D eigenvalue weighted by Gasteiger charge is -2.13. The van der Waals surface area contributed by atoms with Crippen LogP contribution >= 0.6 is 24.0 Å². The second-order valence-electron chi connectivity index (χ2n) is 5.98. The van der Waals surface area contributed by atoms with Crippen molar-refractivity contribution in [2.24, 2.45) is 4.99 Å². The number of guanidine groups is 1. The normalized spacial score (nSPS) is 10.8. The van der Waals surface area contributed by atoms with E-state index in [0.29, 0.717) is 0 Å². The summed E-state index contributed by atoms with van der Waals surface area (Å²) in [6.07, 6.45) is 2.93. The van der Waals surface area contributed by atoms with Crippen molar-refractivity contribution in [2.75, 3.05) is 47.4 Å². The van der Waals surface area contributed by atoms with Crippen molar-refractivity contribution in [3.8, 4) is 0 Å². The lowest BCUT2D eigenvalue weighted by molar-refractivity contribution is 0.0827. The molecule has 0 spiro atoms. The molecule has 2 N–H and O–H groups in total. The molecule has 0 bridgehead atoms. The predicted molar refractivity (Wildman–Crippen MR) is 119 cm³/mol. The van der Waals surface area contributed by atoms with Gasteiger partial charge in [0.2, 0.25) is 0 Å². The van der Waals surface area contributed by atoms with Gasteiger partial charge in [-0.3, -0.25) is 9.79 Å². The summed E-state index contributed by atoms with van der Waals surface area (Å²) in [6.45, 7) is 5.23. The number of halogens is 1. The number of aliphatic imine (C=N–C) groups is 1. The maximum absolute atomic E-state index is 12.0. The van der Waals surface area contributed by atoms with Crippen LogP contribution in [0.1, 0.15) is 35.7 Å². The second-order valence-corrected chi connectivity index (χ2v) is 5.98. The van der Waals surface area contributed by atoms with Crippen LogP contribution in [0.15, 0.2) is 29.3 Å². The Morgan fingerprint density at radius 2 is 1.92 bits per heavy atom. The molecule has 0 fully saturated rings. The molecular formula is C19H33IN4O2. The molecule has 26 heavy (non-hydrogen) atoms. The lowest BCUT2D eigenvalue weighted by atomic mass is 10.1. The minimum Gasteiger partial charge on any atom is -0.382 e. The van der Waals surface area contributed by atoms with E-state index in [4.69, 9.17) is 4.74 Å². The fourth-order valence-electron chi connectivity index (χ4n) is 2.34. The molecule has 1 aromatic carbocycles. The monoisotopic (exact) mass is 476 g/mol. The highest BCUT2D eigenvalue weighted by Gasteiger charge is 2.08. The Morgan fingerprint density at radius 3 is 2.58 bits per heavy atom. The SMILES string of the molecule is CCOCCCCNC(=NC)NCCc1cccc(C(=O)N(C)C)c1.I. The molecule has 0 unspecified atom stereocenters. The van der Waals surface area contributed by atoms with Crippen molar-refractivity contribution >= 4 is 35.8 Å². The van der Waals surface area contributed by atoms with E-state index >= 15 is 0 Å². The number of benzene rings is 1. The van der Waals surface area contributed by atoms with Gasteiger partial charge in [0.1, 0.15) is 0 Å². The van der Waals surface area contributed by atoms with Gasteiger partial charge in [0.05, 0.1) is 0 Å². The van der Waals surface area contributed by atoms with Gasteiger partial charge >= 0.3 is 0 Å². The van der Waals surface area contributed by atoms with Crippen LogP contribution in [0.2, 0.25) is 0 Å². The number of hydrogen-bond donors (Lipinski definition) is 2. The number of rotatable bonds is 10. The highest BCUT2D eigenvalue weighted by atomic mass is 127. The molecule has 1 rings (SSSR count). The van der Waals surface area contributed by atoms with E-state index in [1.54, 1.807) is 26.0 Å². The average molecular weight is 476 g/mol. The summed E-state index contributed by atoms with van der Waals surface area (Å²) in [4.78, 5) is 17.8. The lowest BCUT2D eigenvalue weighted by Crippen LogP contribution is -2.38. The topological polar surface area (TPSA) is 66.0 Å². The molecule has 0 aliphatic heterocycles. The number of hydrogen-bond acceptors (Lipinski definition) is 3. The first-order chi connectivity index (χ1) is 12.1. The van der Waals surface area contributed by atoms with Crippen LogP contribution in [-0.2, 0) is 11.2 Å². The third kappa shape index (κ3) is 9.96. The fraction of sp³-hybridized carbons (Fsp3) is 0.579. The van der Waals surface area contributed by atoms with Crippen LogP contribution in [0.4, 0.5) is 0 Å². The van der Waals surface area contributed by atoms with Gasteiger partial charge in [0.25, 0.3) is 5.91 Å². The minimum absolute atomic E-state index is 0. The highest BCUT2D eigenvalue weighted by Crippen LogP contribution is 2.07. The molecule has 0 aliphatic carbocycles. The number of unbranched alkanes of at least 4 members (excludes halogenated alkanes) is 1. The predicted octanol–water partition coefficient (Wildman–Crippen LogP) is 2.53. The minimum atomic E-state index is 0. The van der Waals surface area contributed by atoms with E-state index in [1.165, 1.54) is 0 Å². The Hall–Kier alpha value is -1.35. The van der Waals surface area contributed by atoms with Crippen molar-refractivity contribution < 1.29 is 9.53 Å². The molecule has 0 saturated heterocycles. The largest absolute Gasteiger partial charge is 0.382 e. The molecule has 148 valence electrons. The Labute approximate surface area is 174 Å². The van der Waals surface area contributed by atoms with Crippen LogP contribution < -0.4 is 10.6 Å². The molecule has 6 nitrogen and oxygen atoms in total. The van der Waals surface area contributed by atoms with Gasteiger partial charge in [-0.25, -0.2) is 0 Å². The van der Waals surface area contributed by atoms with Crippen LogP contribution in [0.3, 0.4) is 0 Å². The van der Waals surface area contributed by atoms with Gasteiger partial charge in [-0.2, -0.15) is 0 Å². The van der Waals surface area contributed by atoms with Crippen molar-refractivity contribution in [3.05, 3.63) is 35.4 Å². The van der Waals surface area contributed by atoms with Crippen LogP contribution in [0.5, 0.6) is 0 Å². The summed E-state index contributed by atoms with van der Waals surface area (Å²) in [5, 5.41) is 6.60. The maximum Gasteiger partial charge on any atom is 0.253 e. The first-order valence-corrected chi connectivity index (χ1v) is 8.91. The van der Waals surface area contributed by atoms with E-state index in [9.17, 15) is 4.79 Å². The highest BCUT2D eigenvalue weighted by molar-refractivity contribution is 14.0. The van der Waals surface area contributed by atoms with Crippen LogP contribution in [0, 0.1) is 0 Å². The Kier molecular flexibility index (Phi) is 14.0. The zero-order chi connectivity index (χ0) is 18.5. The first-order valence-electron chi connectivity index (χ1n) is 8.91. The molecule has 0 heterocycles. The van der Waals surface area contributed by atoms with Crippen LogP contribution in [0.25, 0.3) is 0 Å². The van der Waals surface area contributed by atoms with Crippen molar-refractivity contribution in [1.82, 2.24) is 15.5 Å². The number of amides is 1. The van der Waals surface area contributed by atoms with Gasteiger partial charge in [0.15, 0.2) is 5.96 Å². The van der Waals surface area contributed by atoms with Gasteiger partial charge in [-0.15, -0.1) is 24.0 Å². The molecule has 0 aromatic heterocycles. The Bertz CT molecular complexity index is 550. The van der Waals surface area contributed by atoms with Crippen molar-refractivity contribution in [1.29, 1.82) is 0 Å². The molecule has 1 aromatic rings. The number of carbonyl (C=O) groups excluding carboxylic acids is 1. The summed E-state index contributed by atoms with van der Waals surface area (Å²) < 4.78 is 5.32. The quantitative estimate of drug-likeness (QED) is 0.236. The maximum atomic E-state index is 12.0. The van der Waals surface area contributed by atoms with Gasteiger partial charge in [-0.1, -0.05) is 12.1 Å². The van der Waals surface area contributed by atoms with Crippen molar-refractivity contribution in [3.63, 3.8) is 0 Å². The summed E-state index contributed by atoms with van der Waals surface area (Å²) in [7, 11) is 5.30. The molecule has 7 heteroatoms. The molecule has 0 saturated carbocycles. The molecular weight excluding hydrogens is 443 g/mol.